The van der Waals surface area contributed by atoms with Crippen molar-refractivity contribution in [2.75, 3.05) is 12.8 Å². The van der Waals surface area contributed by atoms with E-state index in [1.54, 1.807) is 27.9 Å². The Morgan fingerprint density at radius 2 is 2.18 bits per heavy atom. The smallest absolute Gasteiger partial charge is 0.301 e. The van der Waals surface area contributed by atoms with Crippen molar-refractivity contribution in [1.29, 1.82) is 0 Å². The monoisotopic (exact) mass is 399 g/mol. The molecule has 1 aliphatic carbocycles. The first-order valence-electron chi connectivity index (χ1n) is 9.08. The molecule has 9 heteroatoms. The summed E-state index contributed by atoms with van der Waals surface area (Å²) in [6.45, 7) is 1.25. The summed E-state index contributed by atoms with van der Waals surface area (Å²) in [6.07, 6.45) is 12.5. The molecule has 1 aliphatic heterocycles. The number of carbonyl (C=O) groups is 2. The van der Waals surface area contributed by atoms with Crippen molar-refractivity contribution in [2.45, 2.75) is 37.2 Å². The van der Waals surface area contributed by atoms with E-state index in [4.69, 9.17) is 6.42 Å². The average molecular weight is 399 g/mol. The van der Waals surface area contributed by atoms with E-state index in [0.29, 0.717) is 36.5 Å². The first kappa shape index (κ1) is 18.5. The zero-order valence-electron chi connectivity index (χ0n) is 15.6. The number of nitrogens with one attached hydrogen (secondary N) is 1. The molecule has 0 bridgehead atoms. The van der Waals surface area contributed by atoms with E-state index in [1.807, 2.05) is 0 Å². The lowest BCUT2D eigenvalue weighted by molar-refractivity contribution is -0.144. The van der Waals surface area contributed by atoms with Crippen LogP contribution in [0.1, 0.15) is 35.4 Å². The van der Waals surface area contributed by atoms with Crippen LogP contribution in [0.5, 0.6) is 0 Å². The van der Waals surface area contributed by atoms with Crippen molar-refractivity contribution in [2.24, 2.45) is 9.78 Å². The van der Waals surface area contributed by atoms with Crippen molar-refractivity contribution in [1.82, 2.24) is 19.7 Å². The van der Waals surface area contributed by atoms with E-state index in [0.717, 1.165) is 6.42 Å². The van der Waals surface area contributed by atoms with Gasteiger partial charge in [-0.05, 0) is 31.4 Å². The molecule has 1 N–H and O–H groups in total. The Balaban J connectivity index is 1.64. The summed E-state index contributed by atoms with van der Waals surface area (Å²) < 4.78 is 18.9. The largest absolute Gasteiger partial charge is 0.357 e. The second-order valence-electron chi connectivity index (χ2n) is 7.27. The lowest BCUT2D eigenvalue weighted by Crippen LogP contribution is -2.49. The highest BCUT2D eigenvalue weighted by atomic mass is 32.2. The topological polar surface area (TPSA) is 100 Å². The first-order chi connectivity index (χ1) is 13.4. The van der Waals surface area contributed by atoms with Crippen LogP contribution in [0.25, 0.3) is 0 Å². The molecule has 8 nitrogen and oxygen atoms in total. The summed E-state index contributed by atoms with van der Waals surface area (Å²) in [5.74, 6) is 2.04. The van der Waals surface area contributed by atoms with E-state index in [1.165, 1.54) is 12.5 Å². The Morgan fingerprint density at radius 3 is 2.79 bits per heavy atom. The zero-order chi connectivity index (χ0) is 19.9. The number of aromatic amines is 1. The highest BCUT2D eigenvalue weighted by Crippen LogP contribution is 2.42. The molecule has 1 atom stereocenters. The van der Waals surface area contributed by atoms with Crippen molar-refractivity contribution in [3.63, 3.8) is 0 Å². The number of H-pyrrole nitrogens is 1. The SMILES string of the molecule is C#CC1(C(=O)N2CCn3ncc(S(C)(=O)=NC(=O)c4ccc[nH]4)c3C2)CCC1. The fourth-order valence-corrected chi connectivity index (χ4v) is 5.05. The van der Waals surface area contributed by atoms with Gasteiger partial charge in [0.15, 0.2) is 0 Å². The normalized spacial score (nSPS) is 19.6. The van der Waals surface area contributed by atoms with Crippen molar-refractivity contribution in [3.8, 4) is 12.3 Å². The van der Waals surface area contributed by atoms with Gasteiger partial charge in [0.25, 0.3) is 0 Å². The molecule has 2 aromatic rings. The second-order valence-corrected chi connectivity index (χ2v) is 9.50. The Morgan fingerprint density at radius 1 is 1.39 bits per heavy atom. The molecule has 146 valence electrons. The molecule has 1 unspecified atom stereocenters. The number of amides is 2. The van der Waals surface area contributed by atoms with Crippen molar-refractivity contribution in [3.05, 3.63) is 35.9 Å². The van der Waals surface area contributed by atoms with Gasteiger partial charge in [0, 0.05) is 19.0 Å². The third-order valence-electron chi connectivity index (χ3n) is 5.51. The quantitative estimate of drug-likeness (QED) is 0.793. The maximum Gasteiger partial charge on any atom is 0.301 e. The maximum atomic E-state index is 13.2. The van der Waals surface area contributed by atoms with Crippen molar-refractivity contribution < 1.29 is 13.8 Å². The number of fused-ring (bicyclic) bond motifs is 1. The van der Waals surface area contributed by atoms with E-state index < -0.39 is 21.1 Å². The van der Waals surface area contributed by atoms with Crippen LogP contribution in [0.3, 0.4) is 0 Å². The number of aromatic nitrogens is 3. The molecule has 1 saturated carbocycles. The van der Waals surface area contributed by atoms with Gasteiger partial charge in [-0.1, -0.05) is 5.92 Å². The van der Waals surface area contributed by atoms with Crippen LogP contribution in [0.15, 0.2) is 33.8 Å². The van der Waals surface area contributed by atoms with Crippen LogP contribution < -0.4 is 0 Å². The van der Waals surface area contributed by atoms with Crippen LogP contribution in [-0.4, -0.2) is 48.5 Å². The molecular formula is C19H21N5O3S. The summed E-state index contributed by atoms with van der Waals surface area (Å²) >= 11 is 0. The van der Waals surface area contributed by atoms with E-state index in [9.17, 15) is 13.8 Å². The van der Waals surface area contributed by atoms with Gasteiger partial charge < -0.3 is 9.88 Å². The number of hydrogen-bond donors (Lipinski definition) is 1. The summed E-state index contributed by atoms with van der Waals surface area (Å²) in [5, 5.41) is 4.28. The minimum Gasteiger partial charge on any atom is -0.357 e. The van der Waals surface area contributed by atoms with Gasteiger partial charge in [0.1, 0.15) is 11.1 Å². The summed E-state index contributed by atoms with van der Waals surface area (Å²) in [6, 6.07) is 3.25. The third kappa shape index (κ3) is 2.94. The number of nitrogens with zero attached hydrogens (tertiary/aromatic N) is 4. The molecule has 0 aromatic carbocycles. The van der Waals surface area contributed by atoms with Gasteiger partial charge >= 0.3 is 5.91 Å². The predicted octanol–water partition coefficient (Wildman–Crippen LogP) is 1.65. The highest BCUT2D eigenvalue weighted by Gasteiger charge is 2.45. The molecule has 0 spiro atoms. The van der Waals surface area contributed by atoms with Crippen LogP contribution in [0.4, 0.5) is 0 Å². The van der Waals surface area contributed by atoms with Gasteiger partial charge in [-0.3, -0.25) is 14.3 Å². The number of terminal acetylenes is 1. The van der Waals surface area contributed by atoms with Crippen LogP contribution in [0, 0.1) is 17.8 Å². The van der Waals surface area contributed by atoms with Crippen LogP contribution in [0.2, 0.25) is 0 Å². The zero-order valence-corrected chi connectivity index (χ0v) is 16.4. The molecular weight excluding hydrogens is 378 g/mol. The Bertz CT molecular complexity index is 1100. The van der Waals surface area contributed by atoms with E-state index >= 15 is 0 Å². The number of hydrogen-bond acceptors (Lipinski definition) is 4. The lowest BCUT2D eigenvalue weighted by Gasteiger charge is -2.41. The molecule has 28 heavy (non-hydrogen) atoms. The standard InChI is InChI=1S/C19H21N5O3S/c1-3-19(7-5-8-19)18(26)23-10-11-24-15(13-23)16(12-21-24)28(2,27)22-17(25)14-6-4-9-20-14/h1,4,6,9,12,20H,5,7-8,10-11,13H2,2H3. The number of carbonyl (C=O) groups excluding carboxylic acids is 2. The van der Waals surface area contributed by atoms with Crippen molar-refractivity contribution >= 4 is 21.5 Å². The third-order valence-corrected chi connectivity index (χ3v) is 7.18. The minimum atomic E-state index is -3.02. The minimum absolute atomic E-state index is 0.0540. The van der Waals surface area contributed by atoms with Gasteiger partial charge in [0.05, 0.1) is 39.6 Å². The Kier molecular flexibility index (Phi) is 4.38. The molecule has 2 aromatic heterocycles. The lowest BCUT2D eigenvalue weighted by atomic mass is 9.68. The molecule has 3 heterocycles. The highest BCUT2D eigenvalue weighted by molar-refractivity contribution is 7.93. The molecule has 0 radical (unpaired) electrons. The maximum absolute atomic E-state index is 13.2. The Hall–Kier alpha value is -2.86. The van der Waals surface area contributed by atoms with Gasteiger partial charge in [0.2, 0.25) is 5.91 Å². The summed E-state index contributed by atoms with van der Waals surface area (Å²) in [5.41, 5.74) is 0.208. The molecule has 2 aliphatic rings. The van der Waals surface area contributed by atoms with Crippen LogP contribution in [-0.2, 0) is 27.6 Å². The van der Waals surface area contributed by atoms with Gasteiger partial charge in [-0.15, -0.1) is 6.42 Å². The Labute approximate surface area is 163 Å². The molecule has 2 amide bonds. The molecule has 1 fully saturated rings. The number of rotatable bonds is 3. The van der Waals surface area contributed by atoms with Gasteiger partial charge in [-0.25, -0.2) is 4.21 Å². The van der Waals surface area contributed by atoms with E-state index in [-0.39, 0.29) is 18.1 Å². The second kappa shape index (κ2) is 6.63. The van der Waals surface area contributed by atoms with Gasteiger partial charge in [-0.2, -0.15) is 9.46 Å². The summed E-state index contributed by atoms with van der Waals surface area (Å²) in [7, 11) is -3.02. The average Bonchev–Trinajstić information content (AvgIpc) is 3.30. The fraction of sp³-hybridized carbons (Fsp3) is 0.421. The fourth-order valence-electron chi connectivity index (χ4n) is 3.68. The molecule has 0 saturated heterocycles. The van der Waals surface area contributed by atoms with E-state index in [2.05, 4.69) is 20.4 Å². The first-order valence-corrected chi connectivity index (χ1v) is 11.0. The van der Waals surface area contributed by atoms with Crippen LogP contribution >= 0.6 is 0 Å². The predicted molar refractivity (Wildman–Crippen MR) is 103 cm³/mol. The molecule has 4 rings (SSSR count). The summed E-state index contributed by atoms with van der Waals surface area (Å²) in [4.78, 5) is 30.1.